The van der Waals surface area contributed by atoms with Crippen LogP contribution in [0.1, 0.15) is 37.7 Å². The number of amides is 1. The van der Waals surface area contributed by atoms with Crippen LogP contribution < -0.4 is 4.90 Å². The van der Waals surface area contributed by atoms with Crippen molar-refractivity contribution in [3.8, 4) is 0 Å². The number of benzene rings is 1. The molecule has 1 saturated heterocycles. The molecule has 1 saturated carbocycles. The van der Waals surface area contributed by atoms with Crippen LogP contribution in [0.2, 0.25) is 5.02 Å². The first kappa shape index (κ1) is 20.6. The second kappa shape index (κ2) is 8.45. The van der Waals surface area contributed by atoms with Crippen LogP contribution in [-0.4, -0.2) is 56.4 Å². The van der Waals surface area contributed by atoms with Gasteiger partial charge in [0.1, 0.15) is 12.4 Å². The van der Waals surface area contributed by atoms with E-state index in [0.717, 1.165) is 30.6 Å². The Kier molecular flexibility index (Phi) is 6.43. The van der Waals surface area contributed by atoms with E-state index in [1.807, 2.05) is 11.9 Å². The average Bonchev–Trinajstić information content (AvgIpc) is 3.21. The molecule has 5 nitrogen and oxygen atoms in total. The molecule has 0 spiro atoms. The number of carbonyl (C=O) groups is 1. The van der Waals surface area contributed by atoms with E-state index < -0.39 is 9.84 Å². The Morgan fingerprint density at radius 1 is 1.26 bits per heavy atom. The molecule has 150 valence electrons. The summed E-state index contributed by atoms with van der Waals surface area (Å²) in [5, 5.41) is 0.358. The fourth-order valence-corrected chi connectivity index (χ4v) is 6.24. The molecule has 3 rings (SSSR count). The Hall–Kier alpha value is -1.18. The number of carbonyl (C=O) groups excluding carboxylic acids is 1. The van der Waals surface area contributed by atoms with Crippen LogP contribution in [0.4, 0.5) is 4.39 Å². The molecule has 2 atom stereocenters. The zero-order valence-corrected chi connectivity index (χ0v) is 17.2. The molecule has 1 N–H and O–H groups in total. The molecule has 1 heterocycles. The largest absolute Gasteiger partial charge is 0.331 e. The average molecular weight is 418 g/mol. The maximum Gasteiger partial charge on any atom is 0.278 e. The summed E-state index contributed by atoms with van der Waals surface area (Å²) >= 11 is 6.10. The van der Waals surface area contributed by atoms with E-state index in [1.54, 1.807) is 12.1 Å². The van der Waals surface area contributed by atoms with Gasteiger partial charge in [-0.15, -0.1) is 0 Å². The quantitative estimate of drug-likeness (QED) is 0.762. The number of nitrogens with one attached hydrogen (secondary N) is 1. The van der Waals surface area contributed by atoms with E-state index in [1.165, 1.54) is 6.07 Å². The molecule has 27 heavy (non-hydrogen) atoms. The summed E-state index contributed by atoms with van der Waals surface area (Å²) in [5.74, 6) is -0.201. The fourth-order valence-electron chi connectivity index (χ4n) is 4.30. The monoisotopic (exact) mass is 417 g/mol. The van der Waals surface area contributed by atoms with E-state index >= 15 is 0 Å². The van der Waals surface area contributed by atoms with Crippen LogP contribution in [0.25, 0.3) is 0 Å². The van der Waals surface area contributed by atoms with Crippen LogP contribution in [0, 0.1) is 5.82 Å². The number of quaternary nitrogens is 1. The maximum atomic E-state index is 14.0. The summed E-state index contributed by atoms with van der Waals surface area (Å²) in [7, 11) is -1.23. The second-order valence-corrected chi connectivity index (χ2v) is 10.4. The minimum atomic E-state index is -3.06. The summed E-state index contributed by atoms with van der Waals surface area (Å²) in [6.07, 6.45) is 4.52. The van der Waals surface area contributed by atoms with Crippen molar-refractivity contribution in [2.45, 2.75) is 50.7 Å². The molecule has 0 radical (unpaired) electrons. The molecule has 1 unspecified atom stereocenters. The molecular weight excluding hydrogens is 391 g/mol. The van der Waals surface area contributed by atoms with Gasteiger partial charge in [0.25, 0.3) is 5.91 Å². The minimum Gasteiger partial charge on any atom is -0.331 e. The third-order valence-electron chi connectivity index (χ3n) is 5.60. The molecule has 1 amide bonds. The molecule has 1 aromatic carbocycles. The molecule has 2 aliphatic rings. The highest BCUT2D eigenvalue weighted by Crippen LogP contribution is 2.29. The first-order chi connectivity index (χ1) is 12.8. The Balaban J connectivity index is 1.70. The van der Waals surface area contributed by atoms with Crippen LogP contribution in [-0.2, 0) is 21.2 Å². The summed E-state index contributed by atoms with van der Waals surface area (Å²) in [6, 6.07) is 4.47. The fraction of sp³-hybridized carbons (Fsp3) is 0.632. The second-order valence-electron chi connectivity index (χ2n) is 7.81. The van der Waals surface area contributed by atoms with Crippen LogP contribution >= 0.6 is 11.6 Å². The SMILES string of the molecule is C[NH+](CC(=O)N(C1CCCC1)[C@@H]1CCS(=O)(=O)C1)Cc1c(F)cccc1Cl. The van der Waals surface area contributed by atoms with Gasteiger partial charge in [0.05, 0.1) is 29.1 Å². The zero-order chi connectivity index (χ0) is 19.6. The third kappa shape index (κ3) is 5.00. The molecule has 0 bridgehead atoms. The van der Waals surface area contributed by atoms with Gasteiger partial charge in [-0.3, -0.25) is 4.79 Å². The van der Waals surface area contributed by atoms with Crippen LogP contribution in [0.5, 0.6) is 0 Å². The summed E-state index contributed by atoms with van der Waals surface area (Å²) in [6.45, 7) is 0.496. The molecule has 1 aliphatic carbocycles. The standard InChI is InChI=1S/C19H26ClFN2O3S/c1-22(11-16-17(20)7-4-8-18(16)21)12-19(24)23(14-5-2-3-6-14)15-9-10-27(25,26)13-15/h4,7-8,14-15H,2-3,5-6,9-13H2,1H3/p+1/t15-/m1/s1. The number of rotatable bonds is 6. The molecule has 1 aliphatic heterocycles. The van der Waals surface area contributed by atoms with Gasteiger partial charge in [-0.2, -0.15) is 0 Å². The van der Waals surface area contributed by atoms with E-state index in [2.05, 4.69) is 0 Å². The Morgan fingerprint density at radius 2 is 1.96 bits per heavy atom. The summed E-state index contributed by atoms with van der Waals surface area (Å²) < 4.78 is 37.9. The van der Waals surface area contributed by atoms with Crippen molar-refractivity contribution >= 4 is 27.3 Å². The van der Waals surface area contributed by atoms with Crippen LogP contribution in [0.15, 0.2) is 18.2 Å². The van der Waals surface area contributed by atoms with E-state index in [4.69, 9.17) is 11.6 Å². The molecule has 8 heteroatoms. The van der Waals surface area contributed by atoms with Gasteiger partial charge in [-0.05, 0) is 31.4 Å². The first-order valence-corrected chi connectivity index (χ1v) is 11.7. The van der Waals surface area contributed by atoms with Gasteiger partial charge in [0.2, 0.25) is 0 Å². The van der Waals surface area contributed by atoms with Gasteiger partial charge in [-0.1, -0.05) is 30.5 Å². The highest BCUT2D eigenvalue weighted by atomic mass is 35.5. The van der Waals surface area contributed by atoms with Crippen molar-refractivity contribution in [3.05, 3.63) is 34.6 Å². The van der Waals surface area contributed by atoms with Gasteiger partial charge in [-0.25, -0.2) is 12.8 Å². The molecule has 1 aromatic rings. The van der Waals surface area contributed by atoms with E-state index in [0.29, 0.717) is 23.6 Å². The minimum absolute atomic E-state index is 0.0473. The van der Waals surface area contributed by atoms with Crippen molar-refractivity contribution < 1.29 is 22.5 Å². The van der Waals surface area contributed by atoms with Crippen molar-refractivity contribution in [2.75, 3.05) is 25.1 Å². The molecular formula is C19H27ClFN2O3S+. The molecule has 2 fully saturated rings. The Labute approximate surface area is 165 Å². The predicted molar refractivity (Wildman–Crippen MR) is 103 cm³/mol. The van der Waals surface area contributed by atoms with Gasteiger partial charge in [0.15, 0.2) is 16.4 Å². The van der Waals surface area contributed by atoms with E-state index in [-0.39, 0.29) is 41.9 Å². The summed E-state index contributed by atoms with van der Waals surface area (Å²) in [5.41, 5.74) is 0.403. The smallest absolute Gasteiger partial charge is 0.278 e. The maximum absolute atomic E-state index is 14.0. The highest BCUT2D eigenvalue weighted by molar-refractivity contribution is 7.91. The lowest BCUT2D eigenvalue weighted by molar-refractivity contribution is -0.885. The van der Waals surface area contributed by atoms with Crippen molar-refractivity contribution in [3.63, 3.8) is 0 Å². The van der Waals surface area contributed by atoms with Gasteiger partial charge < -0.3 is 9.80 Å². The number of halogens is 2. The van der Waals surface area contributed by atoms with Crippen LogP contribution in [0.3, 0.4) is 0 Å². The number of nitrogens with zero attached hydrogens (tertiary/aromatic N) is 1. The first-order valence-electron chi connectivity index (χ1n) is 9.52. The predicted octanol–water partition coefficient (Wildman–Crippen LogP) is 1.45. The number of hydrogen-bond donors (Lipinski definition) is 1. The lowest BCUT2D eigenvalue weighted by atomic mass is 10.1. The van der Waals surface area contributed by atoms with Crippen molar-refractivity contribution in [2.24, 2.45) is 0 Å². The lowest BCUT2D eigenvalue weighted by Gasteiger charge is -2.34. The Morgan fingerprint density at radius 3 is 2.56 bits per heavy atom. The normalized spacial score (nSPS) is 23.4. The van der Waals surface area contributed by atoms with Gasteiger partial charge in [0, 0.05) is 12.1 Å². The van der Waals surface area contributed by atoms with E-state index in [9.17, 15) is 17.6 Å². The van der Waals surface area contributed by atoms with Gasteiger partial charge >= 0.3 is 0 Å². The third-order valence-corrected chi connectivity index (χ3v) is 7.71. The zero-order valence-electron chi connectivity index (χ0n) is 15.6. The number of likely N-dealkylation sites (N-methyl/N-ethyl adjacent to an activating group) is 1. The lowest BCUT2D eigenvalue weighted by Crippen LogP contribution is -3.09. The molecule has 0 aromatic heterocycles. The highest BCUT2D eigenvalue weighted by Gasteiger charge is 2.39. The van der Waals surface area contributed by atoms with Crippen molar-refractivity contribution in [1.82, 2.24) is 4.90 Å². The number of hydrogen-bond acceptors (Lipinski definition) is 3. The van der Waals surface area contributed by atoms with Crippen molar-refractivity contribution in [1.29, 1.82) is 0 Å². The Bertz CT molecular complexity index is 776. The number of sulfone groups is 1. The topological polar surface area (TPSA) is 58.9 Å². The summed E-state index contributed by atoms with van der Waals surface area (Å²) in [4.78, 5) is 15.7.